The van der Waals surface area contributed by atoms with Crippen molar-refractivity contribution in [2.24, 2.45) is 5.41 Å². The molecule has 0 radical (unpaired) electrons. The highest BCUT2D eigenvalue weighted by Gasteiger charge is 2.20. The minimum absolute atomic E-state index is 0.0102. The number of carbonyl (C=O) groups is 1. The molecule has 6 heteroatoms. The number of rotatable bonds is 7. The average Bonchev–Trinajstić information content (AvgIpc) is 2.36. The van der Waals surface area contributed by atoms with Crippen LogP contribution >= 0.6 is 0 Å². The van der Waals surface area contributed by atoms with Gasteiger partial charge in [0.05, 0.1) is 0 Å². The molecule has 0 aliphatic carbocycles. The average molecular weight is 279 g/mol. The maximum absolute atomic E-state index is 12.0. The van der Waals surface area contributed by atoms with Crippen LogP contribution in [0.3, 0.4) is 0 Å². The van der Waals surface area contributed by atoms with E-state index >= 15 is 0 Å². The Kier molecular flexibility index (Phi) is 5.88. The number of carbonyl (C=O) groups excluding carboxylic acids is 1. The van der Waals surface area contributed by atoms with Gasteiger partial charge >= 0.3 is 0 Å². The maximum atomic E-state index is 12.0. The molecule has 0 bridgehead atoms. The van der Waals surface area contributed by atoms with Crippen LogP contribution in [0.4, 0.5) is 5.82 Å². The molecule has 1 rings (SSSR count). The van der Waals surface area contributed by atoms with Gasteiger partial charge in [0.15, 0.2) is 5.69 Å². The van der Waals surface area contributed by atoms with Crippen LogP contribution in [0.1, 0.15) is 31.3 Å². The molecule has 112 valence electrons. The number of hydrogen-bond donors (Lipinski definition) is 2. The molecule has 0 fully saturated rings. The van der Waals surface area contributed by atoms with E-state index in [1.165, 1.54) is 0 Å². The van der Waals surface area contributed by atoms with Gasteiger partial charge in [0.25, 0.3) is 5.91 Å². The maximum Gasteiger partial charge on any atom is 0.271 e. The third kappa shape index (κ3) is 5.52. The fourth-order valence-electron chi connectivity index (χ4n) is 2.05. The first kappa shape index (κ1) is 16.4. The van der Waals surface area contributed by atoms with Crippen LogP contribution in [0.25, 0.3) is 0 Å². The first-order valence-corrected chi connectivity index (χ1v) is 6.84. The molecular weight excluding hydrogens is 254 g/mol. The van der Waals surface area contributed by atoms with Gasteiger partial charge in [-0.25, -0.2) is 0 Å². The van der Waals surface area contributed by atoms with Crippen molar-refractivity contribution in [2.45, 2.75) is 20.8 Å². The molecular formula is C14H25N5O. The van der Waals surface area contributed by atoms with E-state index in [0.29, 0.717) is 18.1 Å². The SMILES string of the molecule is CCNc1ccc(C(=O)NCC(C)(C)CN(C)C)nn1. The quantitative estimate of drug-likeness (QED) is 0.785. The Balaban J connectivity index is 2.54. The molecule has 0 aromatic carbocycles. The molecule has 1 heterocycles. The van der Waals surface area contributed by atoms with Crippen molar-refractivity contribution in [3.8, 4) is 0 Å². The van der Waals surface area contributed by atoms with Gasteiger partial charge in [0.1, 0.15) is 5.82 Å². The van der Waals surface area contributed by atoms with Crippen molar-refractivity contribution in [2.75, 3.05) is 39.0 Å². The highest BCUT2D eigenvalue weighted by atomic mass is 16.1. The molecule has 0 spiro atoms. The molecule has 20 heavy (non-hydrogen) atoms. The molecule has 0 atom stereocenters. The van der Waals surface area contributed by atoms with Crippen LogP contribution in [0.2, 0.25) is 0 Å². The Morgan fingerprint density at radius 2 is 2.00 bits per heavy atom. The van der Waals surface area contributed by atoms with Crippen molar-refractivity contribution >= 4 is 11.7 Å². The van der Waals surface area contributed by atoms with Crippen molar-refractivity contribution < 1.29 is 4.79 Å². The normalized spacial score (nSPS) is 11.5. The molecule has 0 aliphatic rings. The summed E-state index contributed by atoms with van der Waals surface area (Å²) in [6, 6.07) is 3.44. The van der Waals surface area contributed by atoms with Crippen molar-refractivity contribution in [1.82, 2.24) is 20.4 Å². The molecule has 0 saturated heterocycles. The monoisotopic (exact) mass is 279 g/mol. The van der Waals surface area contributed by atoms with Crippen molar-refractivity contribution in [1.29, 1.82) is 0 Å². The Bertz CT molecular complexity index is 428. The van der Waals surface area contributed by atoms with Gasteiger partial charge in [-0.3, -0.25) is 4.79 Å². The minimum Gasteiger partial charge on any atom is -0.369 e. The lowest BCUT2D eigenvalue weighted by Gasteiger charge is -2.28. The lowest BCUT2D eigenvalue weighted by atomic mass is 9.93. The number of hydrogen-bond acceptors (Lipinski definition) is 5. The second-order valence-corrected chi connectivity index (χ2v) is 5.92. The van der Waals surface area contributed by atoms with E-state index in [9.17, 15) is 4.79 Å². The molecule has 1 amide bonds. The second kappa shape index (κ2) is 7.19. The van der Waals surface area contributed by atoms with Crippen molar-refractivity contribution in [3.63, 3.8) is 0 Å². The van der Waals surface area contributed by atoms with Gasteiger partial charge in [-0.1, -0.05) is 13.8 Å². The summed E-state index contributed by atoms with van der Waals surface area (Å²) in [6.45, 7) is 8.49. The zero-order valence-corrected chi connectivity index (χ0v) is 13.0. The van der Waals surface area contributed by atoms with Crippen LogP contribution in [0.5, 0.6) is 0 Å². The van der Waals surface area contributed by atoms with Gasteiger partial charge in [0.2, 0.25) is 0 Å². The van der Waals surface area contributed by atoms with E-state index in [2.05, 4.69) is 39.6 Å². The summed E-state index contributed by atoms with van der Waals surface area (Å²) >= 11 is 0. The van der Waals surface area contributed by atoms with Crippen LogP contribution in [0.15, 0.2) is 12.1 Å². The third-order valence-corrected chi connectivity index (χ3v) is 2.73. The number of nitrogens with one attached hydrogen (secondary N) is 2. The number of aromatic nitrogens is 2. The lowest BCUT2D eigenvalue weighted by Crippen LogP contribution is -2.40. The van der Waals surface area contributed by atoms with E-state index in [0.717, 1.165) is 13.1 Å². The fraction of sp³-hybridized carbons (Fsp3) is 0.643. The summed E-state index contributed by atoms with van der Waals surface area (Å²) in [5, 5.41) is 13.8. The predicted molar refractivity (Wildman–Crippen MR) is 80.9 cm³/mol. The number of amides is 1. The van der Waals surface area contributed by atoms with Gasteiger partial charge in [-0.2, -0.15) is 0 Å². The van der Waals surface area contributed by atoms with Crippen LogP contribution in [-0.4, -0.2) is 54.7 Å². The zero-order valence-electron chi connectivity index (χ0n) is 13.0. The predicted octanol–water partition coefficient (Wildman–Crippen LogP) is 1.23. The highest BCUT2D eigenvalue weighted by molar-refractivity contribution is 5.92. The summed E-state index contributed by atoms with van der Waals surface area (Å²) in [4.78, 5) is 14.1. The molecule has 6 nitrogen and oxygen atoms in total. The van der Waals surface area contributed by atoms with E-state index in [4.69, 9.17) is 0 Å². The van der Waals surface area contributed by atoms with Crippen LogP contribution in [0, 0.1) is 5.41 Å². The van der Waals surface area contributed by atoms with Gasteiger partial charge in [0, 0.05) is 19.6 Å². The topological polar surface area (TPSA) is 70.2 Å². The first-order valence-electron chi connectivity index (χ1n) is 6.84. The second-order valence-electron chi connectivity index (χ2n) is 5.92. The molecule has 0 saturated carbocycles. The van der Waals surface area contributed by atoms with Gasteiger partial charge in [-0.05, 0) is 38.6 Å². The summed E-state index contributed by atoms with van der Waals surface area (Å²) in [5.74, 6) is 0.490. The van der Waals surface area contributed by atoms with Crippen molar-refractivity contribution in [3.05, 3.63) is 17.8 Å². The summed E-state index contributed by atoms with van der Waals surface area (Å²) in [5.41, 5.74) is 0.350. The Labute approximate surface area is 121 Å². The molecule has 0 aliphatic heterocycles. The van der Waals surface area contributed by atoms with Gasteiger partial charge < -0.3 is 15.5 Å². The summed E-state index contributed by atoms with van der Waals surface area (Å²) in [7, 11) is 4.04. The van der Waals surface area contributed by atoms with E-state index in [1.807, 2.05) is 21.0 Å². The van der Waals surface area contributed by atoms with E-state index in [-0.39, 0.29) is 11.3 Å². The molecule has 1 aromatic heterocycles. The number of anilines is 1. The third-order valence-electron chi connectivity index (χ3n) is 2.73. The summed E-state index contributed by atoms with van der Waals surface area (Å²) < 4.78 is 0. The first-order chi connectivity index (χ1) is 9.34. The van der Waals surface area contributed by atoms with Gasteiger partial charge in [-0.15, -0.1) is 10.2 Å². The Morgan fingerprint density at radius 3 is 2.50 bits per heavy atom. The minimum atomic E-state index is -0.188. The standard InChI is InChI=1S/C14H25N5O/c1-6-15-12-8-7-11(17-18-12)13(20)16-9-14(2,3)10-19(4)5/h7-8H,6,9-10H2,1-5H3,(H,15,18)(H,16,20). The van der Waals surface area contributed by atoms with Crippen LogP contribution in [-0.2, 0) is 0 Å². The lowest BCUT2D eigenvalue weighted by molar-refractivity contribution is 0.0923. The molecule has 0 unspecified atom stereocenters. The van der Waals surface area contributed by atoms with Crippen LogP contribution < -0.4 is 10.6 Å². The molecule has 2 N–H and O–H groups in total. The Morgan fingerprint density at radius 1 is 1.30 bits per heavy atom. The zero-order chi connectivity index (χ0) is 15.2. The number of nitrogens with zero attached hydrogens (tertiary/aromatic N) is 3. The van der Waals surface area contributed by atoms with E-state index in [1.54, 1.807) is 12.1 Å². The summed E-state index contributed by atoms with van der Waals surface area (Å²) in [6.07, 6.45) is 0. The smallest absolute Gasteiger partial charge is 0.271 e. The molecule has 1 aromatic rings. The largest absolute Gasteiger partial charge is 0.369 e. The van der Waals surface area contributed by atoms with E-state index < -0.39 is 0 Å². The highest BCUT2D eigenvalue weighted by Crippen LogP contribution is 2.14. The Hall–Kier alpha value is -1.69. The fourth-order valence-corrected chi connectivity index (χ4v) is 2.05.